The van der Waals surface area contributed by atoms with E-state index in [0.717, 1.165) is 19.3 Å². The number of rotatable bonds is 4. The zero-order valence-corrected chi connectivity index (χ0v) is 12.4. The summed E-state index contributed by atoms with van der Waals surface area (Å²) in [5.74, 6) is -0.00778. The normalized spacial score (nSPS) is 16.5. The Bertz CT molecular complexity index is 485. The molecule has 1 saturated heterocycles. The second-order valence-corrected chi connectivity index (χ2v) is 6.03. The zero-order valence-electron chi connectivity index (χ0n) is 11.6. The number of nitrogens with zero attached hydrogens (tertiary/aromatic N) is 3. The third kappa shape index (κ3) is 4.65. The van der Waals surface area contributed by atoms with Gasteiger partial charge in [0.15, 0.2) is 0 Å². The number of amides is 1. The minimum Gasteiger partial charge on any atom is -0.339 e. The van der Waals surface area contributed by atoms with Crippen LogP contribution in [0.5, 0.6) is 0 Å². The number of halogens is 3. The predicted octanol–water partition coefficient (Wildman–Crippen LogP) is 1.03. The minimum absolute atomic E-state index is 0.00778. The molecular weight excluding hydrogens is 305 g/mol. The van der Waals surface area contributed by atoms with Crippen molar-refractivity contribution in [3.05, 3.63) is 16.1 Å². The maximum absolute atomic E-state index is 12.5. The summed E-state index contributed by atoms with van der Waals surface area (Å²) in [5.41, 5.74) is 0. The van der Waals surface area contributed by atoms with E-state index < -0.39 is 11.1 Å². The highest BCUT2D eigenvalue weighted by atomic mass is 32.1. The van der Waals surface area contributed by atoms with E-state index in [-0.39, 0.29) is 19.0 Å². The van der Waals surface area contributed by atoms with Crippen molar-refractivity contribution in [1.82, 2.24) is 20.1 Å². The van der Waals surface area contributed by atoms with Gasteiger partial charge in [-0.05, 0) is 7.05 Å². The van der Waals surface area contributed by atoms with Gasteiger partial charge in [0.2, 0.25) is 5.91 Å². The van der Waals surface area contributed by atoms with Crippen LogP contribution in [-0.2, 0) is 17.5 Å². The number of carbonyl (C=O) groups excluding carboxylic acids is 1. The number of carbonyl (C=O) groups is 1. The van der Waals surface area contributed by atoms with E-state index in [2.05, 4.69) is 10.3 Å². The molecule has 0 aliphatic carbocycles. The van der Waals surface area contributed by atoms with Crippen LogP contribution < -0.4 is 5.32 Å². The van der Waals surface area contributed by atoms with Crippen molar-refractivity contribution in [2.45, 2.75) is 12.7 Å². The smallest absolute Gasteiger partial charge is 0.339 e. The monoisotopic (exact) mass is 322 g/mol. The third-order valence-electron chi connectivity index (χ3n) is 3.11. The summed E-state index contributed by atoms with van der Waals surface area (Å²) < 4.78 is 37.4. The van der Waals surface area contributed by atoms with Gasteiger partial charge < -0.3 is 10.2 Å². The maximum Gasteiger partial charge on any atom is 0.427 e. The van der Waals surface area contributed by atoms with E-state index in [1.165, 1.54) is 0 Å². The predicted molar refractivity (Wildman–Crippen MR) is 72.9 cm³/mol. The van der Waals surface area contributed by atoms with Crippen molar-refractivity contribution in [2.75, 3.05) is 39.8 Å². The Morgan fingerprint density at radius 3 is 2.71 bits per heavy atom. The topological polar surface area (TPSA) is 48.5 Å². The molecule has 1 aliphatic heterocycles. The van der Waals surface area contributed by atoms with Crippen LogP contribution in [0, 0.1) is 0 Å². The Morgan fingerprint density at radius 1 is 1.48 bits per heavy atom. The zero-order chi connectivity index (χ0) is 15.5. The molecule has 0 unspecified atom stereocenters. The van der Waals surface area contributed by atoms with E-state index in [4.69, 9.17) is 0 Å². The van der Waals surface area contributed by atoms with Gasteiger partial charge in [0.05, 0.1) is 19.3 Å². The van der Waals surface area contributed by atoms with Crippen LogP contribution in [-0.4, -0.2) is 60.5 Å². The van der Waals surface area contributed by atoms with Crippen molar-refractivity contribution in [2.24, 2.45) is 0 Å². The van der Waals surface area contributed by atoms with Crippen LogP contribution in [0.3, 0.4) is 0 Å². The SMILES string of the molecule is CN(CC(=O)N1CCNCC1)Cc1ncc(C(F)(F)F)s1. The molecule has 1 N–H and O–H groups in total. The van der Waals surface area contributed by atoms with Gasteiger partial charge in [0.25, 0.3) is 0 Å². The van der Waals surface area contributed by atoms with E-state index in [1.807, 2.05) is 0 Å². The summed E-state index contributed by atoms with van der Waals surface area (Å²) in [6.07, 6.45) is -3.52. The Labute approximate surface area is 124 Å². The van der Waals surface area contributed by atoms with Gasteiger partial charge in [0, 0.05) is 26.2 Å². The number of likely N-dealkylation sites (N-methyl/N-ethyl adjacent to an activating group) is 1. The number of alkyl halides is 3. The maximum atomic E-state index is 12.5. The van der Waals surface area contributed by atoms with Crippen LogP contribution in [0.1, 0.15) is 9.88 Å². The van der Waals surface area contributed by atoms with Crippen molar-refractivity contribution < 1.29 is 18.0 Å². The molecule has 0 aromatic carbocycles. The Morgan fingerprint density at radius 2 is 2.14 bits per heavy atom. The summed E-state index contributed by atoms with van der Waals surface area (Å²) in [6.45, 7) is 3.30. The van der Waals surface area contributed by atoms with E-state index in [9.17, 15) is 18.0 Å². The molecule has 9 heteroatoms. The number of nitrogens with one attached hydrogen (secondary N) is 1. The average molecular weight is 322 g/mol. The molecule has 1 amide bonds. The lowest BCUT2D eigenvalue weighted by atomic mass is 10.3. The van der Waals surface area contributed by atoms with Gasteiger partial charge in [-0.15, -0.1) is 11.3 Å². The second-order valence-electron chi connectivity index (χ2n) is 4.92. The number of hydrogen-bond donors (Lipinski definition) is 1. The highest BCUT2D eigenvalue weighted by molar-refractivity contribution is 7.11. The van der Waals surface area contributed by atoms with Gasteiger partial charge in [-0.2, -0.15) is 13.2 Å². The number of aromatic nitrogens is 1. The standard InChI is InChI=1S/C12H17F3N4OS/c1-18(8-11(20)19-4-2-16-3-5-19)7-10-17-6-9(21-10)12(13,14)15/h6,16H,2-5,7-8H2,1H3. The molecule has 1 fully saturated rings. The van der Waals surface area contributed by atoms with Gasteiger partial charge in [-0.1, -0.05) is 0 Å². The van der Waals surface area contributed by atoms with Crippen molar-refractivity contribution in [3.8, 4) is 0 Å². The first-order valence-corrected chi connectivity index (χ1v) is 7.37. The molecule has 0 spiro atoms. The summed E-state index contributed by atoms with van der Waals surface area (Å²) in [6, 6.07) is 0. The molecule has 0 bridgehead atoms. The molecule has 2 rings (SSSR count). The Kier molecular flexibility index (Phi) is 5.17. The fourth-order valence-corrected chi connectivity index (χ4v) is 2.91. The fourth-order valence-electron chi connectivity index (χ4n) is 2.05. The van der Waals surface area contributed by atoms with Crippen molar-refractivity contribution in [1.29, 1.82) is 0 Å². The van der Waals surface area contributed by atoms with Gasteiger partial charge in [-0.3, -0.25) is 9.69 Å². The molecule has 118 valence electrons. The fraction of sp³-hybridized carbons (Fsp3) is 0.667. The lowest BCUT2D eigenvalue weighted by Crippen LogP contribution is -2.49. The Hall–Kier alpha value is -1.19. The summed E-state index contributed by atoms with van der Waals surface area (Å²) in [7, 11) is 1.70. The van der Waals surface area contributed by atoms with Gasteiger partial charge >= 0.3 is 6.18 Å². The number of piperazine rings is 1. The number of hydrogen-bond acceptors (Lipinski definition) is 5. The van der Waals surface area contributed by atoms with E-state index >= 15 is 0 Å². The first-order valence-electron chi connectivity index (χ1n) is 6.55. The first-order chi connectivity index (χ1) is 9.86. The van der Waals surface area contributed by atoms with Gasteiger partial charge in [0.1, 0.15) is 9.88 Å². The van der Waals surface area contributed by atoms with Crippen LogP contribution >= 0.6 is 11.3 Å². The molecule has 2 heterocycles. The van der Waals surface area contributed by atoms with Crippen molar-refractivity contribution in [3.63, 3.8) is 0 Å². The van der Waals surface area contributed by atoms with Crippen molar-refractivity contribution >= 4 is 17.2 Å². The molecule has 1 aromatic heterocycles. The van der Waals surface area contributed by atoms with Gasteiger partial charge in [-0.25, -0.2) is 4.98 Å². The molecule has 1 aliphatic rings. The molecule has 5 nitrogen and oxygen atoms in total. The quantitative estimate of drug-likeness (QED) is 0.899. The number of thiazole rings is 1. The first kappa shape index (κ1) is 16.2. The van der Waals surface area contributed by atoms with Crippen LogP contribution in [0.15, 0.2) is 6.20 Å². The summed E-state index contributed by atoms with van der Waals surface area (Å²) in [5, 5.41) is 3.52. The second kappa shape index (κ2) is 6.71. The van der Waals surface area contributed by atoms with E-state index in [0.29, 0.717) is 29.4 Å². The molecule has 0 saturated carbocycles. The van der Waals surface area contributed by atoms with E-state index in [1.54, 1.807) is 16.8 Å². The Balaban J connectivity index is 1.85. The molecule has 21 heavy (non-hydrogen) atoms. The molecular formula is C12H17F3N4OS. The highest BCUT2D eigenvalue weighted by Crippen LogP contribution is 2.33. The average Bonchev–Trinajstić information content (AvgIpc) is 2.88. The largest absolute Gasteiger partial charge is 0.427 e. The van der Waals surface area contributed by atoms with Crippen LogP contribution in [0.25, 0.3) is 0 Å². The lowest BCUT2D eigenvalue weighted by Gasteiger charge is -2.29. The molecule has 1 aromatic rings. The van der Waals surface area contributed by atoms with Crippen LogP contribution in [0.4, 0.5) is 13.2 Å². The molecule has 0 radical (unpaired) electrons. The summed E-state index contributed by atoms with van der Waals surface area (Å²) >= 11 is 0.618. The molecule has 0 atom stereocenters. The minimum atomic E-state index is -4.36. The van der Waals surface area contributed by atoms with Crippen LogP contribution in [0.2, 0.25) is 0 Å². The lowest BCUT2D eigenvalue weighted by molar-refractivity contribution is -0.134. The third-order valence-corrected chi connectivity index (χ3v) is 4.14. The summed E-state index contributed by atoms with van der Waals surface area (Å²) in [4.78, 5) is 18.5. The highest BCUT2D eigenvalue weighted by Gasteiger charge is 2.33.